The molecule has 3 nitrogen and oxygen atoms in total. The van der Waals surface area contributed by atoms with Gasteiger partial charge in [0.25, 0.3) is 0 Å². The number of nitrogens with zero attached hydrogens (tertiary/aromatic N) is 2. The highest BCUT2D eigenvalue weighted by atomic mass is 15.1. The minimum Gasteiger partial charge on any atom is -0.331 e. The molecule has 0 spiro atoms. The zero-order valence-electron chi connectivity index (χ0n) is 11.9. The third kappa shape index (κ3) is 3.93. The summed E-state index contributed by atoms with van der Waals surface area (Å²) in [5.74, 6) is 1.18. The summed E-state index contributed by atoms with van der Waals surface area (Å²) in [6.07, 6.45) is 6.15. The molecule has 3 heteroatoms. The third-order valence-corrected chi connectivity index (χ3v) is 3.23. The second kappa shape index (κ2) is 7.10. The molecule has 102 valence electrons. The van der Waals surface area contributed by atoms with E-state index in [1.165, 1.54) is 17.0 Å². The van der Waals surface area contributed by atoms with Crippen LogP contribution in [0.4, 0.5) is 0 Å². The molecule has 2 aromatic rings. The second-order valence-electron chi connectivity index (χ2n) is 4.82. The first-order valence-corrected chi connectivity index (χ1v) is 7.12. The van der Waals surface area contributed by atoms with Crippen LogP contribution in [-0.2, 0) is 19.5 Å². The summed E-state index contributed by atoms with van der Waals surface area (Å²) in [7, 11) is 0. The number of rotatable bonds is 7. The number of nitrogens with one attached hydrogen (secondary N) is 1. The normalized spacial score (nSPS) is 10.8. The van der Waals surface area contributed by atoms with Gasteiger partial charge in [-0.3, -0.25) is 0 Å². The van der Waals surface area contributed by atoms with Gasteiger partial charge >= 0.3 is 0 Å². The molecule has 0 saturated carbocycles. The van der Waals surface area contributed by atoms with E-state index in [4.69, 9.17) is 0 Å². The van der Waals surface area contributed by atoms with Crippen LogP contribution in [0.2, 0.25) is 0 Å². The van der Waals surface area contributed by atoms with Gasteiger partial charge in [0.1, 0.15) is 5.82 Å². The maximum Gasteiger partial charge on any atom is 0.108 e. The lowest BCUT2D eigenvalue weighted by Crippen LogP contribution is -2.11. The molecule has 0 aliphatic carbocycles. The van der Waals surface area contributed by atoms with Crippen LogP contribution in [0.3, 0.4) is 0 Å². The van der Waals surface area contributed by atoms with E-state index in [9.17, 15) is 0 Å². The average molecular weight is 257 g/mol. The van der Waals surface area contributed by atoms with Crippen molar-refractivity contribution in [2.24, 2.45) is 0 Å². The standard InChI is InChI=1S/C16H23N3/c1-3-5-16-18-10-11-19(16)13-15-8-6-14(7-9-15)12-17-4-2/h6-11,17H,3-5,12-13H2,1-2H3. The van der Waals surface area contributed by atoms with E-state index in [0.717, 1.165) is 32.5 Å². The SMILES string of the molecule is CCCc1nccn1Cc1ccc(CNCC)cc1. The molecule has 1 N–H and O–H groups in total. The Balaban J connectivity index is 2.00. The first-order chi connectivity index (χ1) is 9.33. The molecule has 1 aromatic carbocycles. The predicted octanol–water partition coefficient (Wildman–Crippen LogP) is 2.99. The van der Waals surface area contributed by atoms with Crippen molar-refractivity contribution >= 4 is 0 Å². The highest BCUT2D eigenvalue weighted by molar-refractivity contribution is 5.23. The summed E-state index contributed by atoms with van der Waals surface area (Å²) in [6, 6.07) is 8.83. The Hall–Kier alpha value is -1.61. The number of benzene rings is 1. The Morgan fingerprint density at radius 3 is 2.53 bits per heavy atom. The summed E-state index contributed by atoms with van der Waals surface area (Å²) >= 11 is 0. The van der Waals surface area contributed by atoms with Crippen LogP contribution in [0.5, 0.6) is 0 Å². The number of aromatic nitrogens is 2. The summed E-state index contributed by atoms with van der Waals surface area (Å²) in [6.45, 7) is 7.19. The van der Waals surface area contributed by atoms with E-state index in [1.807, 2.05) is 6.20 Å². The largest absolute Gasteiger partial charge is 0.331 e. The highest BCUT2D eigenvalue weighted by Gasteiger charge is 2.02. The van der Waals surface area contributed by atoms with Gasteiger partial charge < -0.3 is 9.88 Å². The summed E-state index contributed by atoms with van der Waals surface area (Å²) in [4.78, 5) is 4.41. The van der Waals surface area contributed by atoms with Crippen molar-refractivity contribution in [2.45, 2.75) is 39.8 Å². The number of aryl methyl sites for hydroxylation is 1. The van der Waals surface area contributed by atoms with Crippen molar-refractivity contribution in [3.05, 3.63) is 53.6 Å². The van der Waals surface area contributed by atoms with Crippen molar-refractivity contribution in [3.8, 4) is 0 Å². The molecule has 19 heavy (non-hydrogen) atoms. The van der Waals surface area contributed by atoms with E-state index >= 15 is 0 Å². The van der Waals surface area contributed by atoms with E-state index in [-0.39, 0.29) is 0 Å². The first-order valence-electron chi connectivity index (χ1n) is 7.12. The van der Waals surface area contributed by atoms with Gasteiger partial charge in [0.05, 0.1) is 0 Å². The van der Waals surface area contributed by atoms with Gasteiger partial charge in [0, 0.05) is 31.9 Å². The van der Waals surface area contributed by atoms with Crippen molar-refractivity contribution in [1.82, 2.24) is 14.9 Å². The Bertz CT molecular complexity index is 485. The molecule has 2 rings (SSSR count). The molecule has 1 aromatic heterocycles. The zero-order chi connectivity index (χ0) is 13.5. The Labute approximate surface area is 115 Å². The number of hydrogen-bond acceptors (Lipinski definition) is 2. The van der Waals surface area contributed by atoms with Crippen molar-refractivity contribution in [2.75, 3.05) is 6.54 Å². The lowest BCUT2D eigenvalue weighted by atomic mass is 10.1. The van der Waals surface area contributed by atoms with Gasteiger partial charge in [0.2, 0.25) is 0 Å². The number of imidazole rings is 1. The van der Waals surface area contributed by atoms with Gasteiger partial charge in [-0.2, -0.15) is 0 Å². The van der Waals surface area contributed by atoms with E-state index < -0.39 is 0 Å². The quantitative estimate of drug-likeness (QED) is 0.826. The fourth-order valence-electron chi connectivity index (χ4n) is 2.16. The maximum absolute atomic E-state index is 4.41. The van der Waals surface area contributed by atoms with Crippen LogP contribution in [0.1, 0.15) is 37.2 Å². The molecule has 1 heterocycles. The van der Waals surface area contributed by atoms with E-state index in [2.05, 4.69) is 59.2 Å². The molecule has 0 atom stereocenters. The van der Waals surface area contributed by atoms with E-state index in [1.54, 1.807) is 0 Å². The minimum atomic E-state index is 0.914. The van der Waals surface area contributed by atoms with Gasteiger partial charge in [-0.25, -0.2) is 4.98 Å². The molecule has 0 aliphatic rings. The van der Waals surface area contributed by atoms with Crippen LogP contribution in [0.25, 0.3) is 0 Å². The molecule has 0 fully saturated rings. The molecule has 0 bridgehead atoms. The fourth-order valence-corrected chi connectivity index (χ4v) is 2.16. The minimum absolute atomic E-state index is 0.914. The Morgan fingerprint density at radius 1 is 1.11 bits per heavy atom. The van der Waals surface area contributed by atoms with Crippen LogP contribution >= 0.6 is 0 Å². The number of hydrogen-bond donors (Lipinski definition) is 1. The molecule has 0 saturated heterocycles. The van der Waals surface area contributed by atoms with Crippen LogP contribution < -0.4 is 5.32 Å². The van der Waals surface area contributed by atoms with Gasteiger partial charge in [0.15, 0.2) is 0 Å². The lowest BCUT2D eigenvalue weighted by Gasteiger charge is -2.08. The molecule has 0 aliphatic heterocycles. The predicted molar refractivity (Wildman–Crippen MR) is 79.1 cm³/mol. The smallest absolute Gasteiger partial charge is 0.108 e. The molecular formula is C16H23N3. The molecule has 0 radical (unpaired) electrons. The monoisotopic (exact) mass is 257 g/mol. The van der Waals surface area contributed by atoms with Crippen molar-refractivity contribution in [1.29, 1.82) is 0 Å². The van der Waals surface area contributed by atoms with E-state index in [0.29, 0.717) is 0 Å². The van der Waals surface area contributed by atoms with Crippen molar-refractivity contribution < 1.29 is 0 Å². The maximum atomic E-state index is 4.41. The third-order valence-electron chi connectivity index (χ3n) is 3.23. The van der Waals surface area contributed by atoms with Crippen LogP contribution in [0, 0.1) is 0 Å². The average Bonchev–Trinajstić information content (AvgIpc) is 2.86. The first kappa shape index (κ1) is 13.8. The summed E-state index contributed by atoms with van der Waals surface area (Å²) in [5.41, 5.74) is 2.67. The summed E-state index contributed by atoms with van der Waals surface area (Å²) < 4.78 is 2.24. The molecular weight excluding hydrogens is 234 g/mol. The zero-order valence-corrected chi connectivity index (χ0v) is 11.9. The lowest BCUT2D eigenvalue weighted by molar-refractivity contribution is 0.703. The van der Waals surface area contributed by atoms with Crippen LogP contribution in [0.15, 0.2) is 36.7 Å². The van der Waals surface area contributed by atoms with Gasteiger partial charge in [-0.05, 0) is 24.1 Å². The Kier molecular flexibility index (Phi) is 5.16. The van der Waals surface area contributed by atoms with Crippen molar-refractivity contribution in [3.63, 3.8) is 0 Å². The molecule has 0 amide bonds. The topological polar surface area (TPSA) is 29.9 Å². The second-order valence-corrected chi connectivity index (χ2v) is 4.82. The summed E-state index contributed by atoms with van der Waals surface area (Å²) in [5, 5.41) is 3.34. The Morgan fingerprint density at radius 2 is 1.84 bits per heavy atom. The highest BCUT2D eigenvalue weighted by Crippen LogP contribution is 2.09. The van der Waals surface area contributed by atoms with Crippen LogP contribution in [-0.4, -0.2) is 16.1 Å². The van der Waals surface area contributed by atoms with Gasteiger partial charge in [-0.1, -0.05) is 38.1 Å². The van der Waals surface area contributed by atoms with Gasteiger partial charge in [-0.15, -0.1) is 0 Å². The molecule has 0 unspecified atom stereocenters. The fraction of sp³-hybridized carbons (Fsp3) is 0.438.